The molecule has 3 nitrogen and oxygen atoms in total. The molecule has 0 aliphatic carbocycles. The van der Waals surface area contributed by atoms with Crippen molar-refractivity contribution in [2.24, 2.45) is 11.7 Å². The molecule has 0 fully saturated rings. The Kier molecular flexibility index (Phi) is 7.20. The van der Waals surface area contributed by atoms with Gasteiger partial charge in [-0.25, -0.2) is 0 Å². The van der Waals surface area contributed by atoms with Gasteiger partial charge in [-0.05, 0) is 63.4 Å². The number of nitrogens with two attached hydrogens (primary N) is 1. The lowest BCUT2D eigenvalue weighted by Crippen LogP contribution is -2.50. The summed E-state index contributed by atoms with van der Waals surface area (Å²) < 4.78 is 5.20. The highest BCUT2D eigenvalue weighted by molar-refractivity contribution is 5.27. The van der Waals surface area contributed by atoms with Crippen LogP contribution in [0.4, 0.5) is 0 Å². The smallest absolute Gasteiger partial charge is 0.118 e. The quantitative estimate of drug-likeness (QED) is 0.759. The summed E-state index contributed by atoms with van der Waals surface area (Å²) in [5.41, 5.74) is 7.47. The summed E-state index contributed by atoms with van der Waals surface area (Å²) in [7, 11) is 3.90. The van der Waals surface area contributed by atoms with Gasteiger partial charge < -0.3 is 10.5 Å². The number of nitrogens with zero attached hydrogens (tertiary/aromatic N) is 1. The van der Waals surface area contributed by atoms with Gasteiger partial charge in [-0.1, -0.05) is 26.0 Å². The molecule has 0 aliphatic rings. The first kappa shape index (κ1) is 18.0. The average molecular weight is 292 g/mol. The summed E-state index contributed by atoms with van der Waals surface area (Å²) >= 11 is 0. The number of ether oxygens (including phenoxy) is 1. The first-order valence-corrected chi connectivity index (χ1v) is 7.95. The Hall–Kier alpha value is -1.06. The van der Waals surface area contributed by atoms with Crippen molar-refractivity contribution in [3.05, 3.63) is 29.8 Å². The molecule has 0 saturated carbocycles. The van der Waals surface area contributed by atoms with Crippen LogP contribution in [0.3, 0.4) is 0 Å². The topological polar surface area (TPSA) is 38.5 Å². The van der Waals surface area contributed by atoms with Gasteiger partial charge in [-0.2, -0.15) is 0 Å². The van der Waals surface area contributed by atoms with Crippen LogP contribution in [0, 0.1) is 5.92 Å². The van der Waals surface area contributed by atoms with E-state index < -0.39 is 0 Å². The van der Waals surface area contributed by atoms with Crippen molar-refractivity contribution >= 4 is 0 Å². The van der Waals surface area contributed by atoms with E-state index in [1.54, 1.807) is 7.11 Å². The Bertz CT molecular complexity index is 402. The fraction of sp³-hybridized carbons (Fsp3) is 0.667. The fourth-order valence-electron chi connectivity index (χ4n) is 2.38. The second kappa shape index (κ2) is 8.40. The lowest BCUT2D eigenvalue weighted by Gasteiger charge is -2.38. The van der Waals surface area contributed by atoms with Gasteiger partial charge in [0, 0.05) is 12.1 Å². The summed E-state index contributed by atoms with van der Waals surface area (Å²) in [6, 6.07) is 8.34. The van der Waals surface area contributed by atoms with Crippen molar-refractivity contribution in [1.29, 1.82) is 0 Å². The first-order valence-electron chi connectivity index (χ1n) is 7.95. The van der Waals surface area contributed by atoms with E-state index >= 15 is 0 Å². The maximum absolute atomic E-state index is 6.06. The number of aryl methyl sites for hydroxylation is 1. The molecular weight excluding hydrogens is 260 g/mol. The van der Waals surface area contributed by atoms with Crippen LogP contribution < -0.4 is 10.5 Å². The molecule has 3 heteroatoms. The number of likely N-dealkylation sites (N-methyl/N-ethyl adjacent to an activating group) is 1. The minimum Gasteiger partial charge on any atom is -0.497 e. The summed E-state index contributed by atoms with van der Waals surface area (Å²) in [6.07, 6.45) is 3.34. The van der Waals surface area contributed by atoms with Gasteiger partial charge in [0.1, 0.15) is 5.75 Å². The van der Waals surface area contributed by atoms with Gasteiger partial charge in [-0.3, -0.25) is 4.90 Å². The van der Waals surface area contributed by atoms with Crippen LogP contribution in [0.25, 0.3) is 0 Å². The third kappa shape index (κ3) is 5.68. The minimum absolute atomic E-state index is 0.0643. The van der Waals surface area contributed by atoms with E-state index in [2.05, 4.69) is 44.9 Å². The normalized spacial score (nSPS) is 14.5. The highest BCUT2D eigenvalue weighted by atomic mass is 16.5. The Morgan fingerprint density at radius 1 is 1.24 bits per heavy atom. The minimum atomic E-state index is 0.0643. The molecule has 0 spiro atoms. The van der Waals surface area contributed by atoms with Gasteiger partial charge in [0.2, 0.25) is 0 Å². The molecule has 1 aromatic rings. The van der Waals surface area contributed by atoms with Crippen molar-refractivity contribution in [3.63, 3.8) is 0 Å². The second-order valence-electron chi connectivity index (χ2n) is 6.65. The van der Waals surface area contributed by atoms with Gasteiger partial charge in [-0.15, -0.1) is 0 Å². The molecule has 0 bridgehead atoms. The predicted octanol–water partition coefficient (Wildman–Crippen LogP) is 3.32. The van der Waals surface area contributed by atoms with Gasteiger partial charge >= 0.3 is 0 Å². The van der Waals surface area contributed by atoms with Gasteiger partial charge in [0.15, 0.2) is 0 Å². The van der Waals surface area contributed by atoms with E-state index in [4.69, 9.17) is 10.5 Å². The molecule has 0 amide bonds. The number of methoxy groups -OCH3 is 1. The predicted molar refractivity (Wildman–Crippen MR) is 90.9 cm³/mol. The molecule has 0 aromatic heterocycles. The SMILES string of the molecule is COc1ccc(CCC(C)(CN)N(C)CCC(C)C)cc1. The molecule has 0 radical (unpaired) electrons. The highest BCUT2D eigenvalue weighted by Gasteiger charge is 2.27. The summed E-state index contributed by atoms with van der Waals surface area (Å²) in [5.74, 6) is 1.64. The molecule has 0 saturated heterocycles. The second-order valence-corrected chi connectivity index (χ2v) is 6.65. The molecule has 2 N–H and O–H groups in total. The van der Waals surface area contributed by atoms with Crippen molar-refractivity contribution in [2.45, 2.75) is 45.6 Å². The molecule has 1 aromatic carbocycles. The maximum Gasteiger partial charge on any atom is 0.118 e. The Labute approximate surface area is 130 Å². The zero-order valence-electron chi connectivity index (χ0n) is 14.4. The molecule has 1 unspecified atom stereocenters. The molecule has 1 atom stereocenters. The Morgan fingerprint density at radius 3 is 2.33 bits per heavy atom. The number of rotatable bonds is 9. The largest absolute Gasteiger partial charge is 0.497 e. The standard InChI is InChI=1S/C18H32N2O/c1-15(2)11-13-20(4)18(3,14-19)12-10-16-6-8-17(21-5)9-7-16/h6-9,15H,10-14,19H2,1-5H3. The van der Waals surface area contributed by atoms with Crippen LogP contribution in [-0.2, 0) is 6.42 Å². The van der Waals surface area contributed by atoms with Crippen LogP contribution in [0.5, 0.6) is 5.75 Å². The number of benzene rings is 1. The lowest BCUT2D eigenvalue weighted by molar-refractivity contribution is 0.128. The molecule has 21 heavy (non-hydrogen) atoms. The van der Waals surface area contributed by atoms with E-state index in [0.717, 1.165) is 31.1 Å². The van der Waals surface area contributed by atoms with Gasteiger partial charge in [0.05, 0.1) is 7.11 Å². The summed E-state index contributed by atoms with van der Waals surface area (Å²) in [6.45, 7) is 8.61. The summed E-state index contributed by atoms with van der Waals surface area (Å²) in [5, 5.41) is 0. The van der Waals surface area contributed by atoms with E-state index in [1.807, 2.05) is 12.1 Å². The van der Waals surface area contributed by atoms with E-state index in [0.29, 0.717) is 6.54 Å². The van der Waals surface area contributed by atoms with Crippen molar-refractivity contribution in [3.8, 4) is 5.75 Å². The number of hydrogen-bond acceptors (Lipinski definition) is 3. The van der Waals surface area contributed by atoms with E-state index in [1.165, 1.54) is 12.0 Å². The molecule has 1 rings (SSSR count). The molecule has 0 aliphatic heterocycles. The van der Waals surface area contributed by atoms with Crippen LogP contribution >= 0.6 is 0 Å². The highest BCUT2D eigenvalue weighted by Crippen LogP contribution is 2.22. The van der Waals surface area contributed by atoms with Crippen LogP contribution in [0.1, 0.15) is 39.2 Å². The third-order valence-electron chi connectivity index (χ3n) is 4.51. The molecular formula is C18H32N2O. The first-order chi connectivity index (χ1) is 9.91. The Morgan fingerprint density at radius 2 is 1.86 bits per heavy atom. The maximum atomic E-state index is 6.06. The van der Waals surface area contributed by atoms with Crippen LogP contribution in [-0.4, -0.2) is 37.7 Å². The van der Waals surface area contributed by atoms with E-state index in [-0.39, 0.29) is 5.54 Å². The monoisotopic (exact) mass is 292 g/mol. The van der Waals surface area contributed by atoms with Gasteiger partial charge in [0.25, 0.3) is 0 Å². The zero-order chi connectivity index (χ0) is 15.9. The summed E-state index contributed by atoms with van der Waals surface area (Å²) in [4.78, 5) is 2.43. The fourth-order valence-corrected chi connectivity index (χ4v) is 2.38. The lowest BCUT2D eigenvalue weighted by atomic mass is 9.91. The van der Waals surface area contributed by atoms with Crippen LogP contribution in [0.2, 0.25) is 0 Å². The number of hydrogen-bond donors (Lipinski definition) is 1. The average Bonchev–Trinajstić information content (AvgIpc) is 2.50. The van der Waals surface area contributed by atoms with Crippen molar-refractivity contribution in [1.82, 2.24) is 4.90 Å². The molecule has 120 valence electrons. The Balaban J connectivity index is 2.58. The van der Waals surface area contributed by atoms with E-state index in [9.17, 15) is 0 Å². The zero-order valence-corrected chi connectivity index (χ0v) is 14.4. The van der Waals surface area contributed by atoms with Crippen molar-refractivity contribution < 1.29 is 4.74 Å². The van der Waals surface area contributed by atoms with Crippen molar-refractivity contribution in [2.75, 3.05) is 27.2 Å². The molecule has 0 heterocycles. The van der Waals surface area contributed by atoms with Crippen LogP contribution in [0.15, 0.2) is 24.3 Å². The third-order valence-corrected chi connectivity index (χ3v) is 4.51.